The van der Waals surface area contributed by atoms with Crippen LogP contribution in [0.4, 0.5) is 11.4 Å². The van der Waals surface area contributed by atoms with Crippen LogP contribution in [0.5, 0.6) is 0 Å². The minimum atomic E-state index is 0.104. The van der Waals surface area contributed by atoms with Gasteiger partial charge in [-0.1, -0.05) is 11.2 Å². The number of carbonyl (C=O) groups excluding carboxylic acids is 1. The van der Waals surface area contributed by atoms with Gasteiger partial charge < -0.3 is 15.2 Å². The van der Waals surface area contributed by atoms with Crippen LogP contribution in [0.25, 0.3) is 11.4 Å². The first-order chi connectivity index (χ1) is 12.2. The van der Waals surface area contributed by atoms with Gasteiger partial charge in [0.1, 0.15) is 0 Å². The maximum Gasteiger partial charge on any atom is 0.246 e. The Bertz CT molecular complexity index is 884. The molecule has 0 radical (unpaired) electrons. The van der Waals surface area contributed by atoms with Crippen LogP contribution >= 0.6 is 11.3 Å². The highest BCUT2D eigenvalue weighted by molar-refractivity contribution is 7.08. The highest BCUT2D eigenvalue weighted by Crippen LogP contribution is 2.31. The van der Waals surface area contributed by atoms with Crippen molar-refractivity contribution in [1.29, 1.82) is 0 Å². The Morgan fingerprint density at radius 1 is 1.36 bits per heavy atom. The summed E-state index contributed by atoms with van der Waals surface area (Å²) >= 11 is 1.60. The predicted molar refractivity (Wildman–Crippen MR) is 97.5 cm³/mol. The van der Waals surface area contributed by atoms with Gasteiger partial charge in [0.05, 0.1) is 6.54 Å². The number of anilines is 2. The third kappa shape index (κ3) is 3.71. The van der Waals surface area contributed by atoms with Gasteiger partial charge in [-0.25, -0.2) is 0 Å². The maximum atomic E-state index is 11.9. The number of nitrogens with one attached hydrogen (secondary N) is 2. The van der Waals surface area contributed by atoms with Gasteiger partial charge in [-0.3, -0.25) is 4.79 Å². The SMILES string of the molecule is Cc1ccc(NC(=O)C2CC2)cc1NCc1nc(-c2ccsc2)no1. The Morgan fingerprint density at radius 2 is 2.24 bits per heavy atom. The molecule has 1 aliphatic carbocycles. The molecule has 25 heavy (non-hydrogen) atoms. The number of benzene rings is 1. The molecule has 6 nitrogen and oxygen atoms in total. The van der Waals surface area contributed by atoms with Gasteiger partial charge >= 0.3 is 0 Å². The average molecular weight is 354 g/mol. The van der Waals surface area contributed by atoms with E-state index >= 15 is 0 Å². The molecule has 1 fully saturated rings. The molecule has 2 heterocycles. The number of rotatable bonds is 6. The second-order valence-electron chi connectivity index (χ2n) is 6.17. The number of aryl methyl sites for hydroxylation is 1. The number of nitrogens with zero attached hydrogens (tertiary/aromatic N) is 2. The smallest absolute Gasteiger partial charge is 0.246 e. The first kappa shape index (κ1) is 15.8. The van der Waals surface area contributed by atoms with Crippen LogP contribution in [0.1, 0.15) is 24.3 Å². The van der Waals surface area contributed by atoms with Crippen LogP contribution in [0.15, 0.2) is 39.5 Å². The zero-order valence-corrected chi connectivity index (χ0v) is 14.6. The minimum absolute atomic E-state index is 0.104. The van der Waals surface area contributed by atoms with E-state index in [-0.39, 0.29) is 11.8 Å². The van der Waals surface area contributed by atoms with Gasteiger partial charge in [0, 0.05) is 28.2 Å². The molecule has 7 heteroatoms. The fraction of sp³-hybridized carbons (Fsp3) is 0.278. The summed E-state index contributed by atoms with van der Waals surface area (Å²) in [6, 6.07) is 7.80. The average Bonchev–Trinajstić information content (AvgIpc) is 3.12. The van der Waals surface area contributed by atoms with Crippen molar-refractivity contribution in [3.8, 4) is 11.4 Å². The summed E-state index contributed by atoms with van der Waals surface area (Å²) < 4.78 is 5.30. The largest absolute Gasteiger partial charge is 0.376 e. The molecule has 0 atom stereocenters. The molecular formula is C18H18N4O2S. The van der Waals surface area contributed by atoms with Gasteiger partial charge in [-0.2, -0.15) is 16.3 Å². The monoisotopic (exact) mass is 354 g/mol. The van der Waals surface area contributed by atoms with E-state index in [9.17, 15) is 4.79 Å². The third-order valence-corrected chi connectivity index (χ3v) is 4.81. The summed E-state index contributed by atoms with van der Waals surface area (Å²) in [5, 5.41) is 14.2. The molecule has 1 amide bonds. The van der Waals surface area contributed by atoms with Gasteiger partial charge in [0.15, 0.2) is 0 Å². The molecule has 0 saturated heterocycles. The highest BCUT2D eigenvalue weighted by atomic mass is 32.1. The zero-order valence-electron chi connectivity index (χ0n) is 13.8. The van der Waals surface area contributed by atoms with Gasteiger partial charge in [0.25, 0.3) is 0 Å². The van der Waals surface area contributed by atoms with Gasteiger partial charge in [-0.15, -0.1) is 0 Å². The van der Waals surface area contributed by atoms with Gasteiger partial charge in [-0.05, 0) is 48.9 Å². The summed E-state index contributed by atoms with van der Waals surface area (Å²) in [6.45, 7) is 2.44. The van der Waals surface area contributed by atoms with E-state index in [1.165, 1.54) is 0 Å². The van der Waals surface area contributed by atoms with Crippen molar-refractivity contribution < 1.29 is 9.32 Å². The molecule has 1 saturated carbocycles. The van der Waals surface area contributed by atoms with E-state index in [4.69, 9.17) is 4.52 Å². The predicted octanol–water partition coefficient (Wildman–Crippen LogP) is 4.07. The third-order valence-electron chi connectivity index (χ3n) is 4.13. The summed E-state index contributed by atoms with van der Waals surface area (Å²) in [5.41, 5.74) is 3.78. The topological polar surface area (TPSA) is 80.0 Å². The quantitative estimate of drug-likeness (QED) is 0.697. The molecular weight excluding hydrogens is 336 g/mol. The summed E-state index contributed by atoms with van der Waals surface area (Å²) in [4.78, 5) is 16.3. The van der Waals surface area contributed by atoms with Crippen molar-refractivity contribution in [1.82, 2.24) is 10.1 Å². The van der Waals surface area contributed by atoms with E-state index in [0.29, 0.717) is 18.3 Å². The fourth-order valence-corrected chi connectivity index (χ4v) is 3.12. The number of thiophene rings is 1. The Hall–Kier alpha value is -2.67. The van der Waals surface area contributed by atoms with E-state index in [1.807, 2.05) is 41.9 Å². The number of amides is 1. The molecule has 0 aliphatic heterocycles. The molecule has 2 aromatic heterocycles. The second-order valence-corrected chi connectivity index (χ2v) is 6.95. The van der Waals surface area contributed by atoms with Crippen LogP contribution in [0, 0.1) is 12.8 Å². The fourth-order valence-electron chi connectivity index (χ4n) is 2.49. The molecule has 0 spiro atoms. The number of aromatic nitrogens is 2. The first-order valence-electron chi connectivity index (χ1n) is 8.19. The Balaban J connectivity index is 1.42. The minimum Gasteiger partial charge on any atom is -0.376 e. The van der Waals surface area contributed by atoms with Crippen LogP contribution in [0.2, 0.25) is 0 Å². The van der Waals surface area contributed by atoms with Crippen molar-refractivity contribution in [2.45, 2.75) is 26.3 Å². The lowest BCUT2D eigenvalue weighted by molar-refractivity contribution is -0.117. The molecule has 1 aliphatic rings. The lowest BCUT2D eigenvalue weighted by Crippen LogP contribution is -2.13. The zero-order chi connectivity index (χ0) is 17.2. The molecule has 0 bridgehead atoms. The van der Waals surface area contributed by atoms with E-state index in [1.54, 1.807) is 11.3 Å². The summed E-state index contributed by atoms with van der Waals surface area (Å²) in [5.74, 6) is 1.41. The number of hydrogen-bond donors (Lipinski definition) is 2. The molecule has 3 aromatic rings. The Kier molecular flexibility index (Phi) is 4.23. The molecule has 1 aromatic carbocycles. The highest BCUT2D eigenvalue weighted by Gasteiger charge is 2.29. The van der Waals surface area contributed by atoms with Crippen molar-refractivity contribution in [3.63, 3.8) is 0 Å². The molecule has 128 valence electrons. The van der Waals surface area contributed by atoms with E-state index in [2.05, 4.69) is 20.8 Å². The number of carbonyl (C=O) groups is 1. The normalized spacial score (nSPS) is 13.6. The second kappa shape index (κ2) is 6.68. The first-order valence-corrected chi connectivity index (χ1v) is 9.14. The van der Waals surface area contributed by atoms with Crippen LogP contribution in [0.3, 0.4) is 0 Å². The Morgan fingerprint density at radius 3 is 3.00 bits per heavy atom. The number of hydrogen-bond acceptors (Lipinski definition) is 6. The Labute approximate surface area is 149 Å². The van der Waals surface area contributed by atoms with Gasteiger partial charge in [0.2, 0.25) is 17.6 Å². The van der Waals surface area contributed by atoms with Crippen molar-refractivity contribution in [3.05, 3.63) is 46.5 Å². The molecule has 2 N–H and O–H groups in total. The van der Waals surface area contributed by atoms with E-state index in [0.717, 1.165) is 35.3 Å². The summed E-state index contributed by atoms with van der Waals surface area (Å²) in [6.07, 6.45) is 1.98. The molecule has 4 rings (SSSR count). The van der Waals surface area contributed by atoms with Crippen LogP contribution in [-0.2, 0) is 11.3 Å². The maximum absolute atomic E-state index is 11.9. The van der Waals surface area contributed by atoms with Crippen LogP contribution in [-0.4, -0.2) is 16.0 Å². The molecule has 0 unspecified atom stereocenters. The van der Waals surface area contributed by atoms with Crippen molar-refractivity contribution in [2.24, 2.45) is 5.92 Å². The standard InChI is InChI=1S/C18H18N4O2S/c1-11-2-5-14(20-18(23)12-3-4-12)8-15(11)19-9-16-21-17(22-24-16)13-6-7-25-10-13/h2,5-8,10,12,19H,3-4,9H2,1H3,(H,20,23). The lowest BCUT2D eigenvalue weighted by Gasteiger charge is -2.11. The lowest BCUT2D eigenvalue weighted by atomic mass is 10.1. The van der Waals surface area contributed by atoms with Crippen molar-refractivity contribution >= 4 is 28.6 Å². The van der Waals surface area contributed by atoms with Crippen LogP contribution < -0.4 is 10.6 Å². The summed E-state index contributed by atoms with van der Waals surface area (Å²) in [7, 11) is 0. The van der Waals surface area contributed by atoms with Crippen molar-refractivity contribution in [2.75, 3.05) is 10.6 Å². The van der Waals surface area contributed by atoms with E-state index < -0.39 is 0 Å².